The number of nitrogens with two attached hydrogens (primary N) is 1. The molecule has 10 nitrogen and oxygen atoms in total. The van der Waals surface area contributed by atoms with Crippen LogP contribution in [0.1, 0.15) is 105 Å². The minimum atomic E-state index is -3.41. The van der Waals surface area contributed by atoms with E-state index in [1.165, 1.54) is 11.1 Å². The number of hydrogen-bond acceptors (Lipinski definition) is 8. The van der Waals surface area contributed by atoms with E-state index in [1.54, 1.807) is 0 Å². The predicted molar refractivity (Wildman–Crippen MR) is 208 cm³/mol. The lowest BCUT2D eigenvalue weighted by atomic mass is 9.86. The Balaban J connectivity index is 0.000000284. The zero-order valence-corrected chi connectivity index (χ0v) is 34.0. The Kier molecular flexibility index (Phi) is 15.2. The zero-order valence-electron chi connectivity index (χ0n) is 33.2. The van der Waals surface area contributed by atoms with E-state index in [9.17, 15) is 18.0 Å². The molecule has 2 aliphatic heterocycles. The van der Waals surface area contributed by atoms with Crippen molar-refractivity contribution in [3.05, 3.63) is 71.8 Å². The highest BCUT2D eigenvalue weighted by Crippen LogP contribution is 2.40. The van der Waals surface area contributed by atoms with Gasteiger partial charge in [0.15, 0.2) is 0 Å². The summed E-state index contributed by atoms with van der Waals surface area (Å²) in [7, 11) is -3.41. The maximum Gasteiger partial charge on any atom is 0.410 e. The van der Waals surface area contributed by atoms with Crippen molar-refractivity contribution in [1.29, 1.82) is 0 Å². The number of carbonyl (C=O) groups is 2. The molecule has 4 rings (SSSR count). The number of nitrogens with zero attached hydrogens (tertiary/aromatic N) is 2. The molecule has 0 aliphatic carbocycles. The van der Waals surface area contributed by atoms with Crippen LogP contribution in [0, 0.1) is 11.8 Å². The second-order valence-electron chi connectivity index (χ2n) is 17.2. The average Bonchev–Trinajstić information content (AvgIpc) is 3.53. The van der Waals surface area contributed by atoms with Gasteiger partial charge in [0.05, 0.1) is 12.9 Å². The van der Waals surface area contributed by atoms with Crippen molar-refractivity contribution in [2.75, 3.05) is 32.5 Å². The molecule has 0 aromatic heterocycles. The van der Waals surface area contributed by atoms with Gasteiger partial charge in [-0.15, -0.1) is 0 Å². The third-order valence-corrected chi connectivity index (χ3v) is 10.2. The average molecular weight is 744 g/mol. The molecule has 2 amide bonds. The Hall–Kier alpha value is -3.15. The number of benzene rings is 2. The van der Waals surface area contributed by atoms with E-state index >= 15 is 0 Å². The van der Waals surface area contributed by atoms with E-state index in [2.05, 4.69) is 50.2 Å². The van der Waals surface area contributed by atoms with E-state index in [-0.39, 0.29) is 35.8 Å². The second kappa shape index (κ2) is 18.3. The summed E-state index contributed by atoms with van der Waals surface area (Å²) in [5.41, 5.74) is 6.54. The number of ether oxygens (including phenoxy) is 2. The highest BCUT2D eigenvalue weighted by Gasteiger charge is 2.47. The van der Waals surface area contributed by atoms with Crippen molar-refractivity contribution in [2.24, 2.45) is 17.6 Å². The first-order valence-corrected chi connectivity index (χ1v) is 20.6. The third-order valence-electron chi connectivity index (χ3n) is 9.60. The highest BCUT2D eigenvalue weighted by molar-refractivity contribution is 7.85. The fourth-order valence-electron chi connectivity index (χ4n) is 7.56. The molecule has 2 aromatic carbocycles. The van der Waals surface area contributed by atoms with E-state index in [4.69, 9.17) is 19.4 Å². The fourth-order valence-corrected chi connectivity index (χ4v) is 7.98. The lowest BCUT2D eigenvalue weighted by Gasteiger charge is -2.36. The molecule has 2 N–H and O–H groups in total. The Morgan fingerprint density at radius 3 is 1.46 bits per heavy atom. The standard InChI is InChI=1S/C21H33NO5S.C20H32N2O2/c1-20(2,3)27-19(23)22-16-18(12-9-13-26-28(5,24)25)15-21(22,4)14-17-10-7-6-8-11-17;1-19(2,3)24-18(23)22-15-17(11-8-12-21)14-20(22,4)13-16-9-6-5-7-10-16/h6-8,10-11,18H,9,12-16H2,1-5H3;5-7,9-10,17H,8,11-15,21H2,1-4H3. The van der Waals surface area contributed by atoms with Gasteiger partial charge in [-0.25, -0.2) is 9.59 Å². The van der Waals surface area contributed by atoms with Gasteiger partial charge in [-0.05, 0) is 136 Å². The van der Waals surface area contributed by atoms with Gasteiger partial charge in [0.1, 0.15) is 11.2 Å². The molecule has 0 saturated carbocycles. The summed E-state index contributed by atoms with van der Waals surface area (Å²) in [5, 5.41) is 0. The minimum absolute atomic E-state index is 0.178. The quantitative estimate of drug-likeness (QED) is 0.171. The Bertz CT molecular complexity index is 1520. The molecule has 2 saturated heterocycles. The number of rotatable bonds is 12. The Labute approximate surface area is 313 Å². The summed E-state index contributed by atoms with van der Waals surface area (Å²) in [4.78, 5) is 29.4. The SMILES string of the molecule is CC(C)(C)OC(=O)N1CC(CCCN)CC1(C)Cc1ccccc1.CC(C)(C)OC(=O)N1CC(CCCOS(C)(=O)=O)CC1(C)Cc1ccccc1. The summed E-state index contributed by atoms with van der Waals surface area (Å²) >= 11 is 0. The molecule has 52 heavy (non-hydrogen) atoms. The summed E-state index contributed by atoms with van der Waals surface area (Å²) in [6.45, 7) is 17.9. The largest absolute Gasteiger partial charge is 0.444 e. The topological polar surface area (TPSA) is 128 Å². The number of amides is 2. The summed E-state index contributed by atoms with van der Waals surface area (Å²) in [6.07, 6.45) is 7.55. The van der Waals surface area contributed by atoms with Crippen LogP contribution in [0.15, 0.2) is 60.7 Å². The lowest BCUT2D eigenvalue weighted by molar-refractivity contribution is 0.00926. The van der Waals surface area contributed by atoms with Gasteiger partial charge >= 0.3 is 12.2 Å². The molecule has 2 aromatic rings. The zero-order chi connectivity index (χ0) is 38.8. The van der Waals surface area contributed by atoms with Crippen LogP contribution in [0.2, 0.25) is 0 Å². The van der Waals surface area contributed by atoms with Gasteiger partial charge in [-0.3, -0.25) is 4.18 Å². The molecular weight excluding hydrogens is 679 g/mol. The normalized spacial score (nSPS) is 23.6. The summed E-state index contributed by atoms with van der Waals surface area (Å²) in [5.74, 6) is 0.777. The van der Waals surface area contributed by atoms with Crippen LogP contribution in [0.5, 0.6) is 0 Å². The van der Waals surface area contributed by atoms with Crippen LogP contribution < -0.4 is 5.73 Å². The lowest BCUT2D eigenvalue weighted by Crippen LogP contribution is -2.48. The van der Waals surface area contributed by atoms with Crippen LogP contribution in [0.3, 0.4) is 0 Å². The van der Waals surface area contributed by atoms with Crippen molar-refractivity contribution >= 4 is 22.3 Å². The molecule has 0 radical (unpaired) electrons. The van der Waals surface area contributed by atoms with Gasteiger partial charge in [0.25, 0.3) is 10.1 Å². The number of hydrogen-bond donors (Lipinski definition) is 1. The second-order valence-corrected chi connectivity index (χ2v) is 18.9. The van der Waals surface area contributed by atoms with Crippen LogP contribution >= 0.6 is 0 Å². The van der Waals surface area contributed by atoms with Crippen LogP contribution in [-0.2, 0) is 36.6 Å². The van der Waals surface area contributed by atoms with Gasteiger partial charge in [-0.1, -0.05) is 60.7 Å². The first-order chi connectivity index (χ1) is 24.1. The molecular formula is C41H65N3O7S. The van der Waals surface area contributed by atoms with Gasteiger partial charge < -0.3 is 25.0 Å². The molecule has 2 aliphatic rings. The Morgan fingerprint density at radius 2 is 1.12 bits per heavy atom. The van der Waals surface area contributed by atoms with Gasteiger partial charge in [0.2, 0.25) is 0 Å². The highest BCUT2D eigenvalue weighted by atomic mass is 32.2. The van der Waals surface area contributed by atoms with Crippen molar-refractivity contribution < 1.29 is 31.7 Å². The monoisotopic (exact) mass is 743 g/mol. The fraction of sp³-hybridized carbons (Fsp3) is 0.659. The van der Waals surface area contributed by atoms with Crippen molar-refractivity contribution in [3.8, 4) is 0 Å². The van der Waals surface area contributed by atoms with Crippen LogP contribution in [0.25, 0.3) is 0 Å². The van der Waals surface area contributed by atoms with E-state index in [1.807, 2.05) is 75.6 Å². The van der Waals surface area contributed by atoms with Crippen LogP contribution in [0.4, 0.5) is 9.59 Å². The third kappa shape index (κ3) is 14.3. The molecule has 2 heterocycles. The number of carbonyl (C=O) groups excluding carboxylic acids is 2. The first-order valence-electron chi connectivity index (χ1n) is 18.7. The molecule has 4 unspecified atom stereocenters. The van der Waals surface area contributed by atoms with E-state index in [0.717, 1.165) is 57.7 Å². The van der Waals surface area contributed by atoms with E-state index < -0.39 is 21.3 Å². The van der Waals surface area contributed by atoms with Crippen molar-refractivity contribution in [2.45, 2.75) is 129 Å². The predicted octanol–water partition coefficient (Wildman–Crippen LogP) is 7.98. The molecule has 0 bridgehead atoms. The first kappa shape index (κ1) is 43.3. The molecule has 2 fully saturated rings. The molecule has 11 heteroatoms. The molecule has 0 spiro atoms. The van der Waals surface area contributed by atoms with Crippen LogP contribution in [-0.4, -0.2) is 85.2 Å². The summed E-state index contributed by atoms with van der Waals surface area (Å²) < 4.78 is 38.4. The smallest absolute Gasteiger partial charge is 0.410 e. The molecule has 292 valence electrons. The van der Waals surface area contributed by atoms with Gasteiger partial charge in [0, 0.05) is 24.2 Å². The van der Waals surface area contributed by atoms with Crippen molar-refractivity contribution in [1.82, 2.24) is 9.80 Å². The molecule has 4 atom stereocenters. The maximum atomic E-state index is 12.9. The maximum absolute atomic E-state index is 12.9. The Morgan fingerprint density at radius 1 is 0.731 bits per heavy atom. The minimum Gasteiger partial charge on any atom is -0.444 e. The van der Waals surface area contributed by atoms with Crippen molar-refractivity contribution in [3.63, 3.8) is 0 Å². The number of likely N-dealkylation sites (tertiary alicyclic amines) is 2. The summed E-state index contributed by atoms with van der Waals surface area (Å²) in [6, 6.07) is 20.5. The van der Waals surface area contributed by atoms with Gasteiger partial charge in [-0.2, -0.15) is 8.42 Å². The van der Waals surface area contributed by atoms with E-state index in [0.29, 0.717) is 25.4 Å².